The van der Waals surface area contributed by atoms with Crippen LogP contribution < -0.4 is 21.1 Å². The Hall–Kier alpha value is -3.96. The molecular formula is C23H21ClFN5O4S. The minimum absolute atomic E-state index is 0.0642. The Morgan fingerprint density at radius 1 is 1.03 bits per heavy atom. The maximum Gasteiger partial charge on any atom is 0.258 e. The van der Waals surface area contributed by atoms with Crippen molar-refractivity contribution in [3.63, 3.8) is 0 Å². The second-order valence-electron chi connectivity index (χ2n) is 7.51. The van der Waals surface area contributed by atoms with Gasteiger partial charge in [-0.3, -0.25) is 19.7 Å². The van der Waals surface area contributed by atoms with E-state index >= 15 is 0 Å². The third kappa shape index (κ3) is 7.01. The lowest BCUT2D eigenvalue weighted by Gasteiger charge is -2.14. The van der Waals surface area contributed by atoms with Gasteiger partial charge in [0, 0.05) is 28.4 Å². The predicted molar refractivity (Wildman–Crippen MR) is 133 cm³/mol. The summed E-state index contributed by atoms with van der Waals surface area (Å²) >= 11 is 6.02. The molecular weight excluding hydrogens is 497 g/mol. The normalized spacial score (nSPS) is 10.9. The van der Waals surface area contributed by atoms with Crippen LogP contribution in [0.15, 0.2) is 60.7 Å². The van der Waals surface area contributed by atoms with Gasteiger partial charge in [-0.2, -0.15) is 0 Å². The lowest BCUT2D eigenvalue weighted by Crippen LogP contribution is -2.24. The average Bonchev–Trinajstić information content (AvgIpc) is 2.76. The summed E-state index contributed by atoms with van der Waals surface area (Å²) in [5.41, 5.74) is 6.57. The summed E-state index contributed by atoms with van der Waals surface area (Å²) in [5, 5.41) is 13.0. The maximum atomic E-state index is 14.0. The Morgan fingerprint density at radius 3 is 2.40 bits per heavy atom. The van der Waals surface area contributed by atoms with Gasteiger partial charge in [-0.05, 0) is 42.0 Å². The van der Waals surface area contributed by atoms with Crippen LogP contribution in [0.4, 0.5) is 15.8 Å². The van der Waals surface area contributed by atoms with Gasteiger partial charge in [0.1, 0.15) is 11.7 Å². The Balaban J connectivity index is 1.84. The number of hydrogen-bond donors (Lipinski definition) is 5. The van der Waals surface area contributed by atoms with Crippen molar-refractivity contribution in [1.29, 1.82) is 5.41 Å². The molecule has 0 saturated carbocycles. The van der Waals surface area contributed by atoms with E-state index in [1.165, 1.54) is 48.5 Å². The van der Waals surface area contributed by atoms with E-state index in [1.807, 2.05) is 0 Å². The van der Waals surface area contributed by atoms with Gasteiger partial charge in [0.05, 0.1) is 17.5 Å². The molecule has 0 aliphatic carbocycles. The van der Waals surface area contributed by atoms with E-state index in [1.54, 1.807) is 6.07 Å². The number of carbonyl (C=O) groups excluding carboxylic acids is 2. The number of nitrogens with two attached hydrogens (primary N) is 1. The van der Waals surface area contributed by atoms with Crippen LogP contribution >= 0.6 is 11.6 Å². The van der Waals surface area contributed by atoms with Crippen LogP contribution in [0.3, 0.4) is 0 Å². The fourth-order valence-corrected chi connectivity index (χ4v) is 3.90. The number of rotatable bonds is 8. The van der Waals surface area contributed by atoms with Crippen molar-refractivity contribution in [1.82, 2.24) is 5.32 Å². The Morgan fingerprint density at radius 2 is 1.74 bits per heavy atom. The third-order valence-electron chi connectivity index (χ3n) is 4.69. The number of hydrogen-bond acceptors (Lipinski definition) is 5. The van der Waals surface area contributed by atoms with Gasteiger partial charge in [0.15, 0.2) is 0 Å². The van der Waals surface area contributed by atoms with E-state index in [-0.39, 0.29) is 39.9 Å². The highest BCUT2D eigenvalue weighted by molar-refractivity contribution is 7.92. The summed E-state index contributed by atoms with van der Waals surface area (Å²) in [6.07, 6.45) is 0.968. The second-order valence-corrected chi connectivity index (χ2v) is 9.69. The molecule has 0 unspecified atom stereocenters. The molecule has 0 aromatic heterocycles. The summed E-state index contributed by atoms with van der Waals surface area (Å²) in [4.78, 5) is 25.3. The molecule has 0 heterocycles. The van der Waals surface area contributed by atoms with Crippen molar-refractivity contribution < 1.29 is 22.4 Å². The minimum Gasteiger partial charge on any atom is -0.384 e. The first-order valence-electron chi connectivity index (χ1n) is 10.0. The SMILES string of the molecule is CS(=O)(=O)Nc1cc(Cl)cc(C(=O)NCc2ccc(C(=N)N)cc2NC(=O)c2ccccc2F)c1. The van der Waals surface area contributed by atoms with Crippen LogP contribution in [0.1, 0.15) is 31.8 Å². The first-order chi connectivity index (χ1) is 16.4. The topological polar surface area (TPSA) is 154 Å². The number of nitrogen functional groups attached to an aromatic ring is 1. The van der Waals surface area contributed by atoms with Gasteiger partial charge in [0.25, 0.3) is 11.8 Å². The summed E-state index contributed by atoms with van der Waals surface area (Å²) in [6, 6.07) is 14.0. The molecule has 0 aliphatic rings. The zero-order chi connectivity index (χ0) is 25.8. The Labute approximate surface area is 206 Å². The monoisotopic (exact) mass is 517 g/mol. The number of amidine groups is 1. The van der Waals surface area contributed by atoms with Crippen molar-refractivity contribution >= 4 is 50.6 Å². The lowest BCUT2D eigenvalue weighted by molar-refractivity contribution is 0.0950. The molecule has 0 bridgehead atoms. The van der Waals surface area contributed by atoms with Crippen molar-refractivity contribution in [3.8, 4) is 0 Å². The largest absolute Gasteiger partial charge is 0.384 e. The average molecular weight is 518 g/mol. The van der Waals surface area contributed by atoms with Gasteiger partial charge in [-0.15, -0.1) is 0 Å². The van der Waals surface area contributed by atoms with Crippen molar-refractivity contribution in [2.24, 2.45) is 5.73 Å². The number of amides is 2. The van der Waals surface area contributed by atoms with E-state index in [2.05, 4.69) is 15.4 Å². The first-order valence-corrected chi connectivity index (χ1v) is 12.3. The zero-order valence-electron chi connectivity index (χ0n) is 18.4. The molecule has 3 aromatic rings. The molecule has 9 nitrogen and oxygen atoms in total. The van der Waals surface area contributed by atoms with Gasteiger partial charge < -0.3 is 16.4 Å². The molecule has 3 aromatic carbocycles. The van der Waals surface area contributed by atoms with Crippen molar-refractivity contribution in [2.45, 2.75) is 6.54 Å². The summed E-state index contributed by atoms with van der Waals surface area (Å²) < 4.78 is 39.3. The molecule has 0 saturated heterocycles. The zero-order valence-corrected chi connectivity index (χ0v) is 19.9. The van der Waals surface area contributed by atoms with Crippen LogP contribution in [0.25, 0.3) is 0 Å². The molecule has 0 aliphatic heterocycles. The molecule has 0 fully saturated rings. The fourth-order valence-electron chi connectivity index (χ4n) is 3.12. The Kier molecular flexibility index (Phi) is 7.72. The van der Waals surface area contributed by atoms with Crippen LogP contribution in [-0.2, 0) is 16.6 Å². The van der Waals surface area contributed by atoms with Crippen molar-refractivity contribution in [3.05, 3.63) is 93.8 Å². The molecule has 0 atom stereocenters. The number of halogens is 2. The second kappa shape index (κ2) is 10.5. The van der Waals surface area contributed by atoms with Crippen LogP contribution in [-0.4, -0.2) is 32.3 Å². The van der Waals surface area contributed by atoms with Crippen molar-refractivity contribution in [2.75, 3.05) is 16.3 Å². The maximum absolute atomic E-state index is 14.0. The van der Waals surface area contributed by atoms with E-state index in [0.29, 0.717) is 11.1 Å². The molecule has 0 spiro atoms. The lowest BCUT2D eigenvalue weighted by atomic mass is 10.1. The predicted octanol–water partition coefficient (Wildman–Crippen LogP) is 3.32. The summed E-state index contributed by atoms with van der Waals surface area (Å²) in [7, 11) is -3.58. The highest BCUT2D eigenvalue weighted by atomic mass is 35.5. The van der Waals surface area contributed by atoms with Crippen LogP contribution in [0.2, 0.25) is 5.02 Å². The van der Waals surface area contributed by atoms with Gasteiger partial charge in [0.2, 0.25) is 10.0 Å². The van der Waals surface area contributed by atoms with E-state index in [9.17, 15) is 22.4 Å². The molecule has 12 heteroatoms. The number of carbonyl (C=O) groups is 2. The smallest absolute Gasteiger partial charge is 0.258 e. The quantitative estimate of drug-likeness (QED) is 0.229. The minimum atomic E-state index is -3.58. The molecule has 0 radical (unpaired) electrons. The highest BCUT2D eigenvalue weighted by Crippen LogP contribution is 2.22. The summed E-state index contributed by atoms with van der Waals surface area (Å²) in [5.74, 6) is -2.23. The van der Waals surface area contributed by atoms with E-state index in [4.69, 9.17) is 22.7 Å². The number of benzene rings is 3. The molecule has 3 rings (SSSR count). The highest BCUT2D eigenvalue weighted by Gasteiger charge is 2.16. The van der Waals surface area contributed by atoms with Crippen LogP contribution in [0.5, 0.6) is 0 Å². The number of sulfonamides is 1. The van der Waals surface area contributed by atoms with Gasteiger partial charge >= 0.3 is 0 Å². The number of nitrogens with one attached hydrogen (secondary N) is 4. The Bertz CT molecular complexity index is 1430. The fraction of sp³-hybridized carbons (Fsp3) is 0.0870. The van der Waals surface area contributed by atoms with E-state index < -0.39 is 27.7 Å². The van der Waals surface area contributed by atoms with Crippen LogP contribution in [0, 0.1) is 11.2 Å². The molecule has 182 valence electrons. The van der Waals surface area contributed by atoms with E-state index in [0.717, 1.165) is 12.3 Å². The molecule has 2 amide bonds. The number of anilines is 2. The first kappa shape index (κ1) is 25.7. The van der Waals surface area contributed by atoms with Gasteiger partial charge in [-0.25, -0.2) is 12.8 Å². The summed E-state index contributed by atoms with van der Waals surface area (Å²) in [6.45, 7) is -0.0642. The molecule has 6 N–H and O–H groups in total. The third-order valence-corrected chi connectivity index (χ3v) is 5.51. The molecule has 35 heavy (non-hydrogen) atoms. The standard InChI is InChI=1S/C23H21ClFN5O4S/c1-35(33,34)30-17-9-15(8-16(24)11-17)22(31)28-12-14-7-6-13(21(26)27)10-20(14)29-23(32)18-4-2-3-5-19(18)25/h2-11,30H,12H2,1H3,(H3,26,27)(H,28,31)(H,29,32). The van der Waals surface area contributed by atoms with Gasteiger partial charge in [-0.1, -0.05) is 35.9 Å².